The molecular formula is C10H5F3N2S. The molecule has 0 radical (unpaired) electrons. The van der Waals surface area contributed by atoms with E-state index in [1.54, 1.807) is 23.6 Å². The maximum Gasteiger partial charge on any atom is 0.431 e. The van der Waals surface area contributed by atoms with Crippen molar-refractivity contribution in [2.45, 2.75) is 6.18 Å². The van der Waals surface area contributed by atoms with Crippen molar-refractivity contribution < 1.29 is 13.2 Å². The van der Waals surface area contributed by atoms with Crippen LogP contribution >= 0.6 is 11.3 Å². The average molecular weight is 242 g/mol. The molecule has 2 aromatic rings. The first-order chi connectivity index (χ1) is 7.52. The summed E-state index contributed by atoms with van der Waals surface area (Å²) in [6, 6.07) is 5.96. The number of aromatic nitrogens is 1. The minimum atomic E-state index is -4.46. The summed E-state index contributed by atoms with van der Waals surface area (Å²) in [7, 11) is 0. The van der Waals surface area contributed by atoms with Crippen LogP contribution < -0.4 is 0 Å². The predicted octanol–water partition coefficient (Wildman–Crippen LogP) is 3.63. The van der Waals surface area contributed by atoms with Crippen molar-refractivity contribution >= 4 is 11.3 Å². The van der Waals surface area contributed by atoms with Crippen LogP contribution in [0.4, 0.5) is 13.2 Å². The van der Waals surface area contributed by atoms with Crippen molar-refractivity contribution in [3.05, 3.63) is 34.8 Å². The Bertz CT molecular complexity index is 531. The second-order valence-corrected chi connectivity index (χ2v) is 4.01. The average Bonchev–Trinajstić information content (AvgIpc) is 2.85. The highest BCUT2D eigenvalue weighted by atomic mass is 32.1. The maximum atomic E-state index is 12.4. The quantitative estimate of drug-likeness (QED) is 0.814. The van der Waals surface area contributed by atoms with Crippen molar-refractivity contribution in [1.29, 1.82) is 5.26 Å². The molecule has 0 aliphatic carbocycles. The lowest BCUT2D eigenvalue weighted by Gasteiger charge is -2.01. The van der Waals surface area contributed by atoms with E-state index in [1.807, 2.05) is 0 Å². The summed E-state index contributed by atoms with van der Waals surface area (Å²) in [6.07, 6.45) is -4.46. The highest BCUT2D eigenvalue weighted by molar-refractivity contribution is 7.13. The number of rotatable bonds is 1. The summed E-state index contributed by atoms with van der Waals surface area (Å²) in [5.41, 5.74) is -0.660. The van der Waals surface area contributed by atoms with E-state index in [-0.39, 0.29) is 11.3 Å². The minimum Gasteiger partial charge on any atom is -0.349 e. The number of nitriles is 1. The molecule has 0 spiro atoms. The van der Waals surface area contributed by atoms with Gasteiger partial charge in [-0.3, -0.25) is 0 Å². The van der Waals surface area contributed by atoms with E-state index in [9.17, 15) is 13.2 Å². The molecule has 0 amide bonds. The van der Waals surface area contributed by atoms with Gasteiger partial charge in [0, 0.05) is 0 Å². The van der Waals surface area contributed by atoms with Crippen molar-refractivity contribution in [3.8, 4) is 16.6 Å². The first-order valence-electron chi connectivity index (χ1n) is 4.26. The molecule has 0 fully saturated rings. The van der Waals surface area contributed by atoms with Crippen LogP contribution in [0.3, 0.4) is 0 Å². The first-order valence-corrected chi connectivity index (χ1v) is 5.14. The van der Waals surface area contributed by atoms with Crippen LogP contribution in [-0.4, -0.2) is 4.98 Å². The fraction of sp³-hybridized carbons (Fsp3) is 0.100. The van der Waals surface area contributed by atoms with E-state index in [4.69, 9.17) is 5.26 Å². The summed E-state index contributed by atoms with van der Waals surface area (Å²) in [6.45, 7) is 0. The zero-order valence-corrected chi connectivity index (χ0v) is 8.62. The Balaban J connectivity index is 2.55. The molecule has 2 rings (SSSR count). The van der Waals surface area contributed by atoms with Crippen LogP contribution in [0, 0.1) is 11.3 Å². The number of nitrogens with one attached hydrogen (secondary N) is 1. The zero-order valence-electron chi connectivity index (χ0n) is 7.80. The summed E-state index contributed by atoms with van der Waals surface area (Å²) in [5.74, 6) is 0. The largest absolute Gasteiger partial charge is 0.431 e. The Kier molecular flexibility index (Phi) is 2.48. The van der Waals surface area contributed by atoms with Crippen molar-refractivity contribution in [3.63, 3.8) is 0 Å². The molecule has 2 aromatic heterocycles. The van der Waals surface area contributed by atoms with Crippen molar-refractivity contribution in [2.24, 2.45) is 0 Å². The Hall–Kier alpha value is -1.74. The van der Waals surface area contributed by atoms with Crippen LogP contribution in [0.1, 0.15) is 11.3 Å². The van der Waals surface area contributed by atoms with Gasteiger partial charge in [-0.25, -0.2) is 0 Å². The summed E-state index contributed by atoms with van der Waals surface area (Å²) < 4.78 is 37.3. The molecule has 0 aliphatic heterocycles. The topological polar surface area (TPSA) is 39.6 Å². The third kappa shape index (κ3) is 1.82. The molecule has 0 bridgehead atoms. The highest BCUT2D eigenvalue weighted by Gasteiger charge is 2.33. The second kappa shape index (κ2) is 3.68. The number of hydrogen-bond donors (Lipinski definition) is 1. The molecular weight excluding hydrogens is 237 g/mol. The molecule has 1 N–H and O–H groups in total. The fourth-order valence-corrected chi connectivity index (χ4v) is 2.05. The van der Waals surface area contributed by atoms with Crippen LogP contribution in [0.15, 0.2) is 23.6 Å². The van der Waals surface area contributed by atoms with E-state index in [1.165, 1.54) is 11.3 Å². The molecule has 2 heterocycles. The minimum absolute atomic E-state index is 0.00905. The van der Waals surface area contributed by atoms with Crippen LogP contribution in [0.2, 0.25) is 0 Å². The Labute approximate surface area is 93.0 Å². The van der Waals surface area contributed by atoms with E-state index < -0.39 is 11.9 Å². The Morgan fingerprint density at radius 3 is 2.62 bits per heavy atom. The lowest BCUT2D eigenvalue weighted by atomic mass is 10.2. The van der Waals surface area contributed by atoms with Crippen LogP contribution in [0.25, 0.3) is 10.6 Å². The van der Waals surface area contributed by atoms with Crippen LogP contribution in [-0.2, 0) is 6.18 Å². The third-order valence-electron chi connectivity index (χ3n) is 2.01. The van der Waals surface area contributed by atoms with Gasteiger partial charge >= 0.3 is 6.18 Å². The van der Waals surface area contributed by atoms with Crippen molar-refractivity contribution in [2.75, 3.05) is 0 Å². The van der Waals surface area contributed by atoms with Gasteiger partial charge in [-0.05, 0) is 17.5 Å². The Morgan fingerprint density at radius 2 is 2.12 bits per heavy atom. The molecule has 0 aromatic carbocycles. The van der Waals surface area contributed by atoms with Gasteiger partial charge in [0.05, 0.1) is 16.1 Å². The van der Waals surface area contributed by atoms with Gasteiger partial charge in [-0.15, -0.1) is 11.3 Å². The maximum absolute atomic E-state index is 12.4. The predicted molar refractivity (Wildman–Crippen MR) is 53.8 cm³/mol. The van der Waals surface area contributed by atoms with Gasteiger partial charge in [-0.1, -0.05) is 6.07 Å². The smallest absolute Gasteiger partial charge is 0.349 e. The number of aromatic amines is 1. The normalized spacial score (nSPS) is 11.4. The molecule has 0 unspecified atom stereocenters. The molecule has 0 saturated heterocycles. The molecule has 2 nitrogen and oxygen atoms in total. The van der Waals surface area contributed by atoms with Gasteiger partial charge < -0.3 is 4.98 Å². The summed E-state index contributed by atoms with van der Waals surface area (Å²) >= 11 is 1.28. The molecule has 0 atom stereocenters. The zero-order chi connectivity index (χ0) is 11.8. The molecule has 82 valence electrons. The fourth-order valence-electron chi connectivity index (χ4n) is 1.31. The Morgan fingerprint density at radius 1 is 1.38 bits per heavy atom. The first kappa shape index (κ1) is 10.8. The summed E-state index contributed by atoms with van der Waals surface area (Å²) in [5, 5.41) is 10.5. The lowest BCUT2D eigenvalue weighted by Crippen LogP contribution is -2.04. The third-order valence-corrected chi connectivity index (χ3v) is 2.90. The molecule has 16 heavy (non-hydrogen) atoms. The second-order valence-electron chi connectivity index (χ2n) is 3.06. The van der Waals surface area contributed by atoms with Gasteiger partial charge in [0.25, 0.3) is 0 Å². The SMILES string of the molecule is N#Cc1cc(C(F)(F)F)[nH]c1-c1cccs1. The van der Waals surface area contributed by atoms with E-state index in [0.717, 1.165) is 6.07 Å². The van der Waals surface area contributed by atoms with E-state index in [2.05, 4.69) is 4.98 Å². The van der Waals surface area contributed by atoms with E-state index >= 15 is 0 Å². The van der Waals surface area contributed by atoms with Gasteiger partial charge in [0.15, 0.2) is 0 Å². The highest BCUT2D eigenvalue weighted by Crippen LogP contribution is 2.34. The van der Waals surface area contributed by atoms with Gasteiger partial charge in [-0.2, -0.15) is 18.4 Å². The monoisotopic (exact) mass is 242 g/mol. The number of nitrogens with zero attached hydrogens (tertiary/aromatic N) is 1. The van der Waals surface area contributed by atoms with Crippen LogP contribution in [0.5, 0.6) is 0 Å². The van der Waals surface area contributed by atoms with Crippen molar-refractivity contribution in [1.82, 2.24) is 4.98 Å². The summed E-state index contributed by atoms with van der Waals surface area (Å²) in [4.78, 5) is 2.86. The lowest BCUT2D eigenvalue weighted by molar-refractivity contribution is -0.140. The number of hydrogen-bond acceptors (Lipinski definition) is 2. The standard InChI is InChI=1S/C10H5F3N2S/c11-10(12,13)8-4-6(5-14)9(15-8)7-2-1-3-16-7/h1-4,15H. The number of thiophene rings is 1. The van der Waals surface area contributed by atoms with E-state index in [0.29, 0.717) is 4.88 Å². The molecule has 0 saturated carbocycles. The number of H-pyrrole nitrogens is 1. The molecule has 0 aliphatic rings. The number of halogens is 3. The molecule has 6 heteroatoms. The number of alkyl halides is 3. The van der Waals surface area contributed by atoms with Gasteiger partial charge in [0.2, 0.25) is 0 Å². The van der Waals surface area contributed by atoms with Gasteiger partial charge in [0.1, 0.15) is 11.8 Å².